The molecule has 2 aromatic carbocycles. The highest BCUT2D eigenvalue weighted by Crippen LogP contribution is 2.32. The van der Waals surface area contributed by atoms with Crippen LogP contribution in [0.25, 0.3) is 17.1 Å². The van der Waals surface area contributed by atoms with E-state index in [9.17, 15) is 8.78 Å². The number of aromatic nitrogens is 3. The summed E-state index contributed by atoms with van der Waals surface area (Å²) in [6.07, 6.45) is 0. The number of alkyl halides is 2. The van der Waals surface area contributed by atoms with Gasteiger partial charge in [-0.1, -0.05) is 29.8 Å². The number of thioether (sulfide) groups is 1. The lowest BCUT2D eigenvalue weighted by Gasteiger charge is -2.12. The second-order valence-electron chi connectivity index (χ2n) is 4.81. The minimum Gasteiger partial charge on any atom is -0.270 e. The number of hydrogen-bond acceptors (Lipinski definition) is 3. The van der Waals surface area contributed by atoms with Crippen LogP contribution in [0.4, 0.5) is 8.78 Å². The standard InChI is InChI=1S/C16H12ClF2N3S/c1-10-4-2-3-5-13(10)22-14(11-6-8-12(17)9-7-11)20-21-16(22)23-15(18)19/h2-9,15H,1H3. The Morgan fingerprint density at radius 1 is 1.04 bits per heavy atom. The summed E-state index contributed by atoms with van der Waals surface area (Å²) in [6.45, 7) is 1.91. The first-order valence-electron chi connectivity index (χ1n) is 6.78. The molecule has 23 heavy (non-hydrogen) atoms. The summed E-state index contributed by atoms with van der Waals surface area (Å²) in [5.41, 5.74) is 2.47. The molecule has 3 nitrogen and oxygen atoms in total. The molecule has 0 spiro atoms. The third-order valence-corrected chi connectivity index (χ3v) is 4.19. The highest BCUT2D eigenvalue weighted by Gasteiger charge is 2.20. The SMILES string of the molecule is Cc1ccccc1-n1c(SC(F)F)nnc1-c1ccc(Cl)cc1. The molecule has 118 valence electrons. The van der Waals surface area contributed by atoms with Crippen LogP contribution in [0.1, 0.15) is 5.56 Å². The minimum absolute atomic E-state index is 0.152. The van der Waals surface area contributed by atoms with E-state index in [0.29, 0.717) is 22.6 Å². The fraction of sp³-hybridized carbons (Fsp3) is 0.125. The first-order valence-corrected chi connectivity index (χ1v) is 8.04. The van der Waals surface area contributed by atoms with Gasteiger partial charge >= 0.3 is 0 Å². The number of para-hydroxylation sites is 1. The molecule has 0 bridgehead atoms. The molecule has 0 saturated carbocycles. The Kier molecular flexibility index (Phi) is 4.63. The van der Waals surface area contributed by atoms with Crippen LogP contribution in [0.5, 0.6) is 0 Å². The molecule has 1 aromatic heterocycles. The molecule has 0 amide bonds. The van der Waals surface area contributed by atoms with Crippen LogP contribution in [0.15, 0.2) is 53.7 Å². The van der Waals surface area contributed by atoms with E-state index in [-0.39, 0.29) is 5.16 Å². The average molecular weight is 352 g/mol. The van der Waals surface area contributed by atoms with Crippen LogP contribution in [0.2, 0.25) is 5.02 Å². The van der Waals surface area contributed by atoms with Gasteiger partial charge in [-0.25, -0.2) is 0 Å². The summed E-state index contributed by atoms with van der Waals surface area (Å²) in [5.74, 6) is -2.07. The molecule has 0 unspecified atom stereocenters. The summed E-state index contributed by atoms with van der Waals surface area (Å²) in [7, 11) is 0. The van der Waals surface area contributed by atoms with Crippen molar-refractivity contribution in [3.8, 4) is 17.1 Å². The van der Waals surface area contributed by atoms with E-state index in [1.165, 1.54) is 0 Å². The van der Waals surface area contributed by atoms with Gasteiger partial charge in [0.15, 0.2) is 5.82 Å². The van der Waals surface area contributed by atoms with Crippen molar-refractivity contribution < 1.29 is 8.78 Å². The molecule has 0 atom stereocenters. The van der Waals surface area contributed by atoms with Crippen molar-refractivity contribution in [2.75, 3.05) is 0 Å². The maximum atomic E-state index is 12.8. The van der Waals surface area contributed by atoms with E-state index in [1.807, 2.05) is 31.2 Å². The van der Waals surface area contributed by atoms with Gasteiger partial charge in [0.05, 0.1) is 5.69 Å². The van der Waals surface area contributed by atoms with Crippen molar-refractivity contribution in [3.63, 3.8) is 0 Å². The first kappa shape index (κ1) is 16.0. The van der Waals surface area contributed by atoms with Crippen molar-refractivity contribution in [3.05, 3.63) is 59.1 Å². The molecule has 0 aliphatic carbocycles. The highest BCUT2D eigenvalue weighted by molar-refractivity contribution is 7.99. The molecule has 0 saturated heterocycles. The van der Waals surface area contributed by atoms with Gasteiger partial charge in [0.1, 0.15) is 0 Å². The van der Waals surface area contributed by atoms with Crippen molar-refractivity contribution in [2.24, 2.45) is 0 Å². The molecule has 0 aliphatic heterocycles. The molecule has 0 radical (unpaired) electrons. The number of benzene rings is 2. The highest BCUT2D eigenvalue weighted by atomic mass is 35.5. The molecule has 0 fully saturated rings. The summed E-state index contributed by atoms with van der Waals surface area (Å²) in [6, 6.07) is 14.6. The monoisotopic (exact) mass is 351 g/mol. The maximum absolute atomic E-state index is 12.8. The van der Waals surface area contributed by atoms with Crippen molar-refractivity contribution in [2.45, 2.75) is 17.8 Å². The second-order valence-corrected chi connectivity index (χ2v) is 6.21. The number of hydrogen-bond donors (Lipinski definition) is 0. The molecule has 3 rings (SSSR count). The van der Waals surface area contributed by atoms with Gasteiger partial charge in [-0.15, -0.1) is 10.2 Å². The summed E-state index contributed by atoms with van der Waals surface area (Å²) in [4.78, 5) is 0. The zero-order valence-corrected chi connectivity index (χ0v) is 13.7. The van der Waals surface area contributed by atoms with Gasteiger partial charge in [0.25, 0.3) is 5.76 Å². The van der Waals surface area contributed by atoms with E-state index in [0.717, 1.165) is 16.8 Å². The van der Waals surface area contributed by atoms with Crippen molar-refractivity contribution >= 4 is 23.4 Å². The molecule has 0 aliphatic rings. The molecular weight excluding hydrogens is 340 g/mol. The Morgan fingerprint density at radius 3 is 2.39 bits per heavy atom. The lowest BCUT2D eigenvalue weighted by molar-refractivity contribution is 0.251. The van der Waals surface area contributed by atoms with E-state index >= 15 is 0 Å². The second kappa shape index (κ2) is 6.68. The lowest BCUT2D eigenvalue weighted by Crippen LogP contribution is -2.02. The van der Waals surface area contributed by atoms with Gasteiger partial charge in [0, 0.05) is 10.6 Å². The molecular formula is C16H12ClF2N3S. The Bertz CT molecular complexity index is 818. The topological polar surface area (TPSA) is 30.7 Å². The van der Waals surface area contributed by atoms with Crippen LogP contribution in [-0.2, 0) is 0 Å². The van der Waals surface area contributed by atoms with Crippen LogP contribution in [0, 0.1) is 6.92 Å². The van der Waals surface area contributed by atoms with Crippen molar-refractivity contribution in [1.82, 2.24) is 14.8 Å². The van der Waals surface area contributed by atoms with Gasteiger partial charge in [-0.05, 0) is 54.6 Å². The number of halogens is 3. The number of rotatable bonds is 4. The predicted molar refractivity (Wildman–Crippen MR) is 88.4 cm³/mol. The van der Waals surface area contributed by atoms with Crippen LogP contribution in [-0.4, -0.2) is 20.5 Å². The smallest absolute Gasteiger partial charge is 0.270 e. The fourth-order valence-corrected chi connectivity index (χ4v) is 2.91. The van der Waals surface area contributed by atoms with Gasteiger partial charge in [-0.2, -0.15) is 8.78 Å². The average Bonchev–Trinajstić information content (AvgIpc) is 2.91. The molecule has 3 aromatic rings. The third kappa shape index (κ3) is 3.38. The third-order valence-electron chi connectivity index (χ3n) is 3.29. The minimum atomic E-state index is -2.57. The maximum Gasteiger partial charge on any atom is 0.291 e. The lowest BCUT2D eigenvalue weighted by atomic mass is 10.1. The Morgan fingerprint density at radius 2 is 1.74 bits per heavy atom. The Balaban J connectivity index is 2.19. The largest absolute Gasteiger partial charge is 0.291 e. The van der Waals surface area contributed by atoms with E-state index in [2.05, 4.69) is 10.2 Å². The molecule has 0 N–H and O–H groups in total. The quantitative estimate of drug-likeness (QED) is 0.604. The molecule has 1 heterocycles. The zero-order valence-electron chi connectivity index (χ0n) is 12.1. The fourth-order valence-electron chi connectivity index (χ4n) is 2.24. The van der Waals surface area contributed by atoms with Gasteiger partial charge in [-0.3, -0.25) is 4.57 Å². The Labute approximate surface area is 141 Å². The van der Waals surface area contributed by atoms with Gasteiger partial charge < -0.3 is 0 Å². The Hall–Kier alpha value is -1.92. The zero-order chi connectivity index (χ0) is 16.4. The van der Waals surface area contributed by atoms with Gasteiger partial charge in [0.2, 0.25) is 5.16 Å². The van der Waals surface area contributed by atoms with Crippen LogP contribution >= 0.6 is 23.4 Å². The summed E-state index contributed by atoms with van der Waals surface area (Å²) in [5, 5.41) is 8.79. The van der Waals surface area contributed by atoms with E-state index < -0.39 is 5.76 Å². The molecule has 7 heteroatoms. The van der Waals surface area contributed by atoms with E-state index in [1.54, 1.807) is 28.8 Å². The summed E-state index contributed by atoms with van der Waals surface area (Å²) >= 11 is 6.29. The summed E-state index contributed by atoms with van der Waals surface area (Å²) < 4.78 is 27.3. The first-order chi connectivity index (χ1) is 11.1. The number of nitrogens with zero attached hydrogens (tertiary/aromatic N) is 3. The predicted octanol–water partition coefficient (Wildman–Crippen LogP) is 5.21. The van der Waals surface area contributed by atoms with Crippen molar-refractivity contribution in [1.29, 1.82) is 0 Å². The van der Waals surface area contributed by atoms with E-state index in [4.69, 9.17) is 11.6 Å². The van der Waals surface area contributed by atoms with Crippen LogP contribution < -0.4 is 0 Å². The van der Waals surface area contributed by atoms with Crippen LogP contribution in [0.3, 0.4) is 0 Å². The number of aryl methyl sites for hydroxylation is 1. The normalized spacial score (nSPS) is 11.2.